The summed E-state index contributed by atoms with van der Waals surface area (Å²) in [4.78, 5) is 2.67. The molecule has 0 radical (unpaired) electrons. The van der Waals surface area contributed by atoms with E-state index in [1.807, 2.05) is 0 Å². The van der Waals surface area contributed by atoms with Crippen LogP contribution in [0.25, 0.3) is 0 Å². The number of thiophene rings is 1. The molecular weight excluding hydrogens is 288 g/mol. The highest BCUT2D eigenvalue weighted by molar-refractivity contribution is 7.99. The number of nitrogens with zero attached hydrogens (tertiary/aromatic N) is 1. The number of nitrogens with one attached hydrogen (secondary N) is 1. The van der Waals surface area contributed by atoms with Crippen molar-refractivity contribution < 1.29 is 4.74 Å². The lowest BCUT2D eigenvalue weighted by molar-refractivity contribution is -0.0139. The molecular formula is C15H24N2OS2. The largest absolute Gasteiger partial charge is 0.379 e. The SMILES string of the molecule is C[C@@H](NC[C@]1(N2CCOCC2)CCSC1)c1ccsc1. The van der Waals surface area contributed by atoms with Crippen LogP contribution >= 0.6 is 23.1 Å². The quantitative estimate of drug-likeness (QED) is 0.903. The second-order valence-corrected chi connectivity index (χ2v) is 7.67. The molecule has 0 amide bonds. The van der Waals surface area contributed by atoms with Crippen LogP contribution in [0.4, 0.5) is 0 Å². The van der Waals surface area contributed by atoms with Crippen molar-refractivity contribution in [2.45, 2.75) is 24.9 Å². The molecule has 0 spiro atoms. The summed E-state index contributed by atoms with van der Waals surface area (Å²) in [5.74, 6) is 2.56. The summed E-state index contributed by atoms with van der Waals surface area (Å²) in [6.45, 7) is 7.34. The van der Waals surface area contributed by atoms with E-state index in [1.54, 1.807) is 11.3 Å². The summed E-state index contributed by atoms with van der Waals surface area (Å²) >= 11 is 3.89. The van der Waals surface area contributed by atoms with Gasteiger partial charge in [0.05, 0.1) is 13.2 Å². The van der Waals surface area contributed by atoms with Gasteiger partial charge in [0.25, 0.3) is 0 Å². The molecule has 2 aliphatic heterocycles. The predicted octanol–water partition coefficient (Wildman–Crippen LogP) is 2.61. The standard InChI is InChI=1S/C15H24N2OS2/c1-13(14-2-8-19-10-14)16-11-15(3-9-20-12-15)17-4-6-18-7-5-17/h2,8,10,13,16H,3-7,9,11-12H2,1H3/t13-,15-/m1/s1. The lowest BCUT2D eigenvalue weighted by atomic mass is 9.95. The lowest BCUT2D eigenvalue weighted by Gasteiger charge is -2.43. The summed E-state index contributed by atoms with van der Waals surface area (Å²) in [6, 6.07) is 2.68. The van der Waals surface area contributed by atoms with Crippen molar-refractivity contribution in [3.05, 3.63) is 22.4 Å². The predicted molar refractivity (Wildman–Crippen MR) is 87.8 cm³/mol. The fourth-order valence-electron chi connectivity index (χ4n) is 3.12. The Kier molecular flexibility index (Phi) is 5.04. The van der Waals surface area contributed by atoms with Gasteiger partial charge < -0.3 is 10.1 Å². The molecule has 20 heavy (non-hydrogen) atoms. The molecule has 0 aromatic carbocycles. The Bertz CT molecular complexity index is 398. The molecule has 1 aromatic rings. The maximum Gasteiger partial charge on any atom is 0.0594 e. The molecule has 0 unspecified atom stereocenters. The summed E-state index contributed by atoms with van der Waals surface area (Å²) in [5, 5.41) is 8.19. The van der Waals surface area contributed by atoms with Crippen LogP contribution in [0.1, 0.15) is 24.9 Å². The van der Waals surface area contributed by atoms with E-state index in [-0.39, 0.29) is 0 Å². The van der Waals surface area contributed by atoms with Gasteiger partial charge in [-0.2, -0.15) is 23.1 Å². The molecule has 2 aliphatic rings. The Morgan fingerprint density at radius 3 is 2.95 bits per heavy atom. The van der Waals surface area contributed by atoms with Gasteiger partial charge in [-0.25, -0.2) is 0 Å². The molecule has 0 saturated carbocycles. The normalized spacial score (nSPS) is 29.6. The number of rotatable bonds is 5. The van der Waals surface area contributed by atoms with E-state index in [9.17, 15) is 0 Å². The van der Waals surface area contributed by atoms with Gasteiger partial charge in [0.15, 0.2) is 0 Å². The fraction of sp³-hybridized carbons (Fsp3) is 0.733. The highest BCUT2D eigenvalue weighted by atomic mass is 32.2. The third-order valence-electron chi connectivity index (χ3n) is 4.54. The minimum Gasteiger partial charge on any atom is -0.379 e. The van der Waals surface area contributed by atoms with Crippen LogP contribution in [0, 0.1) is 0 Å². The van der Waals surface area contributed by atoms with Gasteiger partial charge in [-0.3, -0.25) is 4.90 Å². The smallest absolute Gasteiger partial charge is 0.0594 e. The first-order valence-corrected chi connectivity index (χ1v) is 9.56. The summed E-state index contributed by atoms with van der Waals surface area (Å²) in [5.41, 5.74) is 1.76. The van der Waals surface area contributed by atoms with Crippen molar-refractivity contribution in [1.82, 2.24) is 10.2 Å². The first-order valence-electron chi connectivity index (χ1n) is 7.46. The van der Waals surface area contributed by atoms with Crippen LogP contribution < -0.4 is 5.32 Å². The van der Waals surface area contributed by atoms with Gasteiger partial charge in [0.1, 0.15) is 0 Å². The van der Waals surface area contributed by atoms with Gasteiger partial charge in [0.2, 0.25) is 0 Å². The highest BCUT2D eigenvalue weighted by Crippen LogP contribution is 2.34. The Labute approximate surface area is 130 Å². The molecule has 0 bridgehead atoms. The third-order valence-corrected chi connectivity index (χ3v) is 6.48. The highest BCUT2D eigenvalue weighted by Gasteiger charge is 2.40. The minimum absolute atomic E-state index is 0.346. The fourth-order valence-corrected chi connectivity index (χ4v) is 5.35. The van der Waals surface area contributed by atoms with E-state index in [2.05, 4.69) is 45.7 Å². The van der Waals surface area contributed by atoms with Gasteiger partial charge in [-0.05, 0) is 41.5 Å². The van der Waals surface area contributed by atoms with Crippen molar-refractivity contribution in [2.24, 2.45) is 0 Å². The molecule has 2 saturated heterocycles. The summed E-state index contributed by atoms with van der Waals surface area (Å²) in [7, 11) is 0. The van der Waals surface area contributed by atoms with Crippen LogP contribution in [0.2, 0.25) is 0 Å². The van der Waals surface area contributed by atoms with Gasteiger partial charge >= 0.3 is 0 Å². The number of thioether (sulfide) groups is 1. The average molecular weight is 313 g/mol. The Balaban J connectivity index is 1.62. The molecule has 1 aromatic heterocycles. The van der Waals surface area contributed by atoms with E-state index in [4.69, 9.17) is 4.74 Å². The van der Waals surface area contributed by atoms with Crippen LogP contribution in [0.5, 0.6) is 0 Å². The minimum atomic E-state index is 0.346. The average Bonchev–Trinajstić information content (AvgIpc) is 3.18. The zero-order chi connectivity index (χ0) is 13.8. The maximum atomic E-state index is 5.52. The number of hydrogen-bond acceptors (Lipinski definition) is 5. The molecule has 3 nitrogen and oxygen atoms in total. The first-order chi connectivity index (χ1) is 9.80. The van der Waals surface area contributed by atoms with Crippen LogP contribution in [-0.2, 0) is 4.74 Å². The maximum absolute atomic E-state index is 5.52. The lowest BCUT2D eigenvalue weighted by Crippen LogP contribution is -2.58. The van der Waals surface area contributed by atoms with E-state index in [0.29, 0.717) is 11.6 Å². The van der Waals surface area contributed by atoms with Gasteiger partial charge in [0, 0.05) is 37.0 Å². The zero-order valence-electron chi connectivity index (χ0n) is 12.1. The molecule has 112 valence electrons. The van der Waals surface area contributed by atoms with E-state index in [1.165, 1.54) is 23.5 Å². The van der Waals surface area contributed by atoms with Crippen LogP contribution in [0.3, 0.4) is 0 Å². The van der Waals surface area contributed by atoms with Crippen LogP contribution in [0.15, 0.2) is 16.8 Å². The van der Waals surface area contributed by atoms with E-state index >= 15 is 0 Å². The molecule has 3 heterocycles. The topological polar surface area (TPSA) is 24.5 Å². The zero-order valence-corrected chi connectivity index (χ0v) is 13.8. The van der Waals surface area contributed by atoms with Crippen LogP contribution in [-0.4, -0.2) is 54.8 Å². The first kappa shape index (κ1) is 14.9. The molecule has 3 rings (SSSR count). The molecule has 2 atom stereocenters. The number of ether oxygens (including phenoxy) is 1. The number of morpholine rings is 1. The van der Waals surface area contributed by atoms with E-state index in [0.717, 1.165) is 32.8 Å². The van der Waals surface area contributed by atoms with Gasteiger partial charge in [-0.1, -0.05) is 0 Å². The Morgan fingerprint density at radius 1 is 1.45 bits per heavy atom. The second kappa shape index (κ2) is 6.79. The van der Waals surface area contributed by atoms with Crippen molar-refractivity contribution >= 4 is 23.1 Å². The van der Waals surface area contributed by atoms with Crippen molar-refractivity contribution in [2.75, 3.05) is 44.4 Å². The molecule has 0 aliphatic carbocycles. The summed E-state index contributed by atoms with van der Waals surface area (Å²) < 4.78 is 5.52. The summed E-state index contributed by atoms with van der Waals surface area (Å²) in [6.07, 6.45) is 1.31. The second-order valence-electron chi connectivity index (χ2n) is 5.79. The number of hydrogen-bond donors (Lipinski definition) is 1. The van der Waals surface area contributed by atoms with Gasteiger partial charge in [-0.15, -0.1) is 0 Å². The molecule has 2 fully saturated rings. The van der Waals surface area contributed by atoms with E-state index < -0.39 is 0 Å². The van der Waals surface area contributed by atoms with Crippen molar-refractivity contribution in [3.8, 4) is 0 Å². The third kappa shape index (κ3) is 3.22. The van der Waals surface area contributed by atoms with Crippen molar-refractivity contribution in [1.29, 1.82) is 0 Å². The monoisotopic (exact) mass is 312 g/mol. The van der Waals surface area contributed by atoms with Crippen molar-refractivity contribution in [3.63, 3.8) is 0 Å². The molecule has 5 heteroatoms. The molecule has 1 N–H and O–H groups in total. The Morgan fingerprint density at radius 2 is 2.30 bits per heavy atom. The Hall–Kier alpha value is -0.0700.